The van der Waals surface area contributed by atoms with Crippen LogP contribution in [0.15, 0.2) is 0 Å². The Morgan fingerprint density at radius 1 is 1.71 bits per heavy atom. The van der Waals surface area contributed by atoms with Crippen molar-refractivity contribution in [2.75, 3.05) is 13.1 Å². The zero-order chi connectivity index (χ0) is 10.6. The normalized spacial score (nSPS) is 26.0. The van der Waals surface area contributed by atoms with Gasteiger partial charge in [-0.3, -0.25) is 9.69 Å². The van der Waals surface area contributed by atoms with E-state index < -0.39 is 5.97 Å². The van der Waals surface area contributed by atoms with Crippen molar-refractivity contribution in [3.05, 3.63) is 0 Å². The van der Waals surface area contributed by atoms with Crippen molar-refractivity contribution in [2.24, 2.45) is 5.73 Å². The lowest BCUT2D eigenvalue weighted by molar-refractivity contribution is -0.144. The summed E-state index contributed by atoms with van der Waals surface area (Å²) in [5.74, 6) is -0.707. The predicted molar refractivity (Wildman–Crippen MR) is 55.1 cm³/mol. The minimum absolute atomic E-state index is 0.155. The molecule has 4 heteroatoms. The average Bonchev–Trinajstić information content (AvgIpc) is 2.13. The first-order valence-corrected chi connectivity index (χ1v) is 5.37. The van der Waals surface area contributed by atoms with Crippen molar-refractivity contribution >= 4 is 5.97 Å². The Kier molecular flexibility index (Phi) is 4.35. The molecule has 1 heterocycles. The monoisotopic (exact) mass is 200 g/mol. The summed E-state index contributed by atoms with van der Waals surface area (Å²) in [7, 11) is 0. The third kappa shape index (κ3) is 2.96. The van der Waals surface area contributed by atoms with Crippen LogP contribution in [0.3, 0.4) is 0 Å². The Labute approximate surface area is 85.1 Å². The van der Waals surface area contributed by atoms with Crippen LogP contribution in [0, 0.1) is 0 Å². The Hall–Kier alpha value is -0.610. The van der Waals surface area contributed by atoms with Crippen molar-refractivity contribution in [2.45, 2.75) is 44.7 Å². The quantitative estimate of drug-likeness (QED) is 0.699. The third-order valence-corrected chi connectivity index (χ3v) is 2.78. The zero-order valence-corrected chi connectivity index (χ0v) is 8.78. The SMILES string of the molecule is CCCC(C(=O)O)N1CCCC(N)C1. The van der Waals surface area contributed by atoms with Gasteiger partial charge >= 0.3 is 5.97 Å². The number of hydrogen-bond donors (Lipinski definition) is 2. The molecule has 0 radical (unpaired) electrons. The van der Waals surface area contributed by atoms with Crippen LogP contribution in [0.25, 0.3) is 0 Å². The highest BCUT2D eigenvalue weighted by atomic mass is 16.4. The molecule has 0 aromatic rings. The number of nitrogens with zero attached hydrogens (tertiary/aromatic N) is 1. The summed E-state index contributed by atoms with van der Waals surface area (Å²) in [6, 6.07) is -0.172. The van der Waals surface area contributed by atoms with Gasteiger partial charge in [0, 0.05) is 12.6 Å². The Balaban J connectivity index is 2.53. The van der Waals surface area contributed by atoms with Gasteiger partial charge in [0.1, 0.15) is 6.04 Å². The fourth-order valence-electron chi connectivity index (χ4n) is 2.06. The van der Waals surface area contributed by atoms with E-state index in [4.69, 9.17) is 10.8 Å². The molecule has 1 fully saturated rings. The van der Waals surface area contributed by atoms with E-state index in [-0.39, 0.29) is 12.1 Å². The zero-order valence-electron chi connectivity index (χ0n) is 8.78. The molecule has 3 N–H and O–H groups in total. The molecule has 0 aromatic carbocycles. The van der Waals surface area contributed by atoms with Gasteiger partial charge in [0.25, 0.3) is 0 Å². The molecule has 0 aromatic heterocycles. The van der Waals surface area contributed by atoms with Crippen LogP contribution >= 0.6 is 0 Å². The topological polar surface area (TPSA) is 66.6 Å². The highest BCUT2D eigenvalue weighted by Crippen LogP contribution is 2.15. The minimum atomic E-state index is -0.707. The summed E-state index contributed by atoms with van der Waals surface area (Å²) >= 11 is 0. The van der Waals surface area contributed by atoms with Crippen LogP contribution < -0.4 is 5.73 Å². The van der Waals surface area contributed by atoms with E-state index in [9.17, 15) is 4.79 Å². The van der Waals surface area contributed by atoms with Crippen molar-refractivity contribution in [1.82, 2.24) is 4.90 Å². The molecule has 0 spiro atoms. The number of rotatable bonds is 4. The Morgan fingerprint density at radius 3 is 2.93 bits per heavy atom. The van der Waals surface area contributed by atoms with Crippen LogP contribution in [0.2, 0.25) is 0 Å². The fraction of sp³-hybridized carbons (Fsp3) is 0.900. The van der Waals surface area contributed by atoms with E-state index in [0.717, 1.165) is 38.8 Å². The standard InChI is InChI=1S/C10H20N2O2/c1-2-4-9(10(13)14)12-6-3-5-8(11)7-12/h8-9H,2-7,11H2,1H3,(H,13,14). The van der Waals surface area contributed by atoms with Gasteiger partial charge in [-0.2, -0.15) is 0 Å². The summed E-state index contributed by atoms with van der Waals surface area (Å²) in [5.41, 5.74) is 5.82. The van der Waals surface area contributed by atoms with E-state index in [2.05, 4.69) is 0 Å². The minimum Gasteiger partial charge on any atom is -0.480 e. The number of likely N-dealkylation sites (tertiary alicyclic amines) is 1. The van der Waals surface area contributed by atoms with Gasteiger partial charge in [0.15, 0.2) is 0 Å². The summed E-state index contributed by atoms with van der Waals surface area (Å²) in [4.78, 5) is 13.0. The van der Waals surface area contributed by atoms with E-state index in [1.807, 2.05) is 11.8 Å². The molecule has 82 valence electrons. The van der Waals surface area contributed by atoms with Crippen LogP contribution in [-0.2, 0) is 4.79 Å². The summed E-state index contributed by atoms with van der Waals surface area (Å²) in [5, 5.41) is 9.06. The molecule has 1 rings (SSSR count). The first-order valence-electron chi connectivity index (χ1n) is 5.37. The second-order valence-electron chi connectivity index (χ2n) is 4.04. The second kappa shape index (κ2) is 5.32. The molecule has 1 aliphatic rings. The largest absolute Gasteiger partial charge is 0.480 e. The van der Waals surface area contributed by atoms with Crippen LogP contribution in [-0.4, -0.2) is 41.1 Å². The number of carboxylic acid groups (broad SMARTS) is 1. The number of carbonyl (C=O) groups is 1. The Bertz CT molecular complexity index is 197. The van der Waals surface area contributed by atoms with Gasteiger partial charge in [-0.15, -0.1) is 0 Å². The summed E-state index contributed by atoms with van der Waals surface area (Å²) in [6.45, 7) is 3.63. The number of piperidine rings is 1. The lowest BCUT2D eigenvalue weighted by Gasteiger charge is -2.34. The predicted octanol–water partition coefficient (Wildman–Crippen LogP) is 0.663. The number of hydrogen-bond acceptors (Lipinski definition) is 3. The van der Waals surface area contributed by atoms with Crippen LogP contribution in [0.1, 0.15) is 32.6 Å². The average molecular weight is 200 g/mol. The maximum atomic E-state index is 11.0. The van der Waals surface area contributed by atoms with E-state index in [1.165, 1.54) is 0 Å². The molecule has 0 aliphatic carbocycles. The number of aliphatic carboxylic acids is 1. The third-order valence-electron chi connectivity index (χ3n) is 2.78. The fourth-order valence-corrected chi connectivity index (χ4v) is 2.06. The second-order valence-corrected chi connectivity index (χ2v) is 4.04. The molecule has 14 heavy (non-hydrogen) atoms. The van der Waals surface area contributed by atoms with Crippen molar-refractivity contribution < 1.29 is 9.90 Å². The van der Waals surface area contributed by atoms with Gasteiger partial charge in [-0.25, -0.2) is 0 Å². The van der Waals surface area contributed by atoms with Crippen LogP contribution in [0.4, 0.5) is 0 Å². The highest BCUT2D eigenvalue weighted by Gasteiger charge is 2.28. The maximum Gasteiger partial charge on any atom is 0.320 e. The maximum absolute atomic E-state index is 11.0. The Morgan fingerprint density at radius 2 is 2.43 bits per heavy atom. The molecule has 4 nitrogen and oxygen atoms in total. The molecule has 1 saturated heterocycles. The summed E-state index contributed by atoms with van der Waals surface area (Å²) in [6.07, 6.45) is 3.67. The van der Waals surface area contributed by atoms with Gasteiger partial charge in [0.05, 0.1) is 0 Å². The van der Waals surface area contributed by atoms with Crippen molar-refractivity contribution in [3.63, 3.8) is 0 Å². The molecule has 2 unspecified atom stereocenters. The molecular weight excluding hydrogens is 180 g/mol. The number of carboxylic acids is 1. The smallest absolute Gasteiger partial charge is 0.320 e. The highest BCUT2D eigenvalue weighted by molar-refractivity contribution is 5.73. The molecule has 0 saturated carbocycles. The molecular formula is C10H20N2O2. The van der Waals surface area contributed by atoms with Crippen molar-refractivity contribution in [1.29, 1.82) is 0 Å². The van der Waals surface area contributed by atoms with Gasteiger partial charge in [-0.1, -0.05) is 13.3 Å². The lowest BCUT2D eigenvalue weighted by atomic mass is 10.0. The van der Waals surface area contributed by atoms with Crippen LogP contribution in [0.5, 0.6) is 0 Å². The number of nitrogens with two attached hydrogens (primary N) is 1. The summed E-state index contributed by atoms with van der Waals surface area (Å²) < 4.78 is 0. The van der Waals surface area contributed by atoms with Crippen molar-refractivity contribution in [3.8, 4) is 0 Å². The van der Waals surface area contributed by atoms with E-state index in [0.29, 0.717) is 0 Å². The molecule has 0 amide bonds. The first kappa shape index (κ1) is 11.5. The van der Waals surface area contributed by atoms with Gasteiger partial charge in [0.2, 0.25) is 0 Å². The van der Waals surface area contributed by atoms with E-state index >= 15 is 0 Å². The molecule has 1 aliphatic heterocycles. The molecule has 2 atom stereocenters. The lowest BCUT2D eigenvalue weighted by Crippen LogP contribution is -2.50. The van der Waals surface area contributed by atoms with E-state index in [1.54, 1.807) is 0 Å². The molecule has 0 bridgehead atoms. The van der Waals surface area contributed by atoms with Gasteiger partial charge < -0.3 is 10.8 Å². The first-order chi connectivity index (χ1) is 6.65. The van der Waals surface area contributed by atoms with Gasteiger partial charge in [-0.05, 0) is 25.8 Å².